The summed E-state index contributed by atoms with van der Waals surface area (Å²) in [5, 5.41) is 4.14. The van der Waals surface area contributed by atoms with Gasteiger partial charge in [0.15, 0.2) is 5.78 Å². The Hall–Kier alpha value is -2.30. The number of Topliss-reactive ketones (excluding diaryl/α,β-unsaturated/α-hetero) is 1. The molecular formula is C12H12N4O2. The Morgan fingerprint density at radius 1 is 1.50 bits per heavy atom. The third-order valence-corrected chi connectivity index (χ3v) is 2.63. The number of para-hydroxylation sites is 1. The van der Waals surface area contributed by atoms with Crippen LogP contribution >= 0.6 is 0 Å². The Bertz CT molecular complexity index is 626. The standard InChI is InChI=1S/C12H12N4O2/c1-18-8-16-7-10(12(17)6-14-15-13)9-4-2-3-5-11(9)16/h2-5,7H,6,8H2,1H3. The van der Waals surface area contributed by atoms with Gasteiger partial charge in [-0.1, -0.05) is 23.3 Å². The van der Waals surface area contributed by atoms with Crippen LogP contribution in [0, 0.1) is 0 Å². The number of methoxy groups -OCH3 is 1. The number of carbonyl (C=O) groups excluding carboxylic acids is 1. The smallest absolute Gasteiger partial charge is 0.170 e. The van der Waals surface area contributed by atoms with E-state index >= 15 is 0 Å². The summed E-state index contributed by atoms with van der Waals surface area (Å²) in [5.41, 5.74) is 9.72. The Morgan fingerprint density at radius 2 is 2.28 bits per heavy atom. The van der Waals surface area contributed by atoms with Crippen LogP contribution in [0.2, 0.25) is 0 Å². The predicted octanol–water partition coefficient (Wildman–Crippen LogP) is 2.74. The van der Waals surface area contributed by atoms with E-state index in [1.54, 1.807) is 13.3 Å². The van der Waals surface area contributed by atoms with Crippen molar-refractivity contribution >= 4 is 16.7 Å². The van der Waals surface area contributed by atoms with Crippen LogP contribution in [-0.2, 0) is 11.5 Å². The molecule has 18 heavy (non-hydrogen) atoms. The quantitative estimate of drug-likeness (QED) is 0.351. The second-order valence-corrected chi connectivity index (χ2v) is 3.76. The van der Waals surface area contributed by atoms with Gasteiger partial charge < -0.3 is 9.30 Å². The number of aromatic nitrogens is 1. The second kappa shape index (κ2) is 5.35. The van der Waals surface area contributed by atoms with E-state index in [4.69, 9.17) is 10.3 Å². The number of fused-ring (bicyclic) bond motifs is 1. The maximum absolute atomic E-state index is 11.9. The van der Waals surface area contributed by atoms with Crippen LogP contribution < -0.4 is 0 Å². The number of hydrogen-bond donors (Lipinski definition) is 0. The molecule has 0 atom stereocenters. The molecule has 1 heterocycles. The summed E-state index contributed by atoms with van der Waals surface area (Å²) < 4.78 is 6.93. The maximum atomic E-state index is 11.9. The van der Waals surface area contributed by atoms with Crippen molar-refractivity contribution in [2.45, 2.75) is 6.73 Å². The second-order valence-electron chi connectivity index (χ2n) is 3.76. The molecule has 0 saturated heterocycles. The van der Waals surface area contributed by atoms with Gasteiger partial charge in [-0.2, -0.15) is 0 Å². The Labute approximate surface area is 103 Å². The molecular weight excluding hydrogens is 232 g/mol. The van der Waals surface area contributed by atoms with E-state index in [0.717, 1.165) is 10.9 Å². The van der Waals surface area contributed by atoms with Gasteiger partial charge in [0.05, 0.1) is 12.1 Å². The van der Waals surface area contributed by atoms with Crippen LogP contribution in [0.1, 0.15) is 10.4 Å². The fourth-order valence-corrected chi connectivity index (χ4v) is 1.90. The minimum atomic E-state index is -0.196. The molecule has 6 nitrogen and oxygen atoms in total. The lowest BCUT2D eigenvalue weighted by atomic mass is 10.1. The van der Waals surface area contributed by atoms with Crippen LogP contribution in [-0.4, -0.2) is 24.0 Å². The van der Waals surface area contributed by atoms with Gasteiger partial charge in [0.25, 0.3) is 0 Å². The van der Waals surface area contributed by atoms with E-state index in [1.165, 1.54) is 0 Å². The minimum Gasteiger partial charge on any atom is -0.364 e. The molecule has 2 aromatic rings. The average Bonchev–Trinajstić information content (AvgIpc) is 2.76. The SMILES string of the molecule is COCn1cc(C(=O)CN=[N+]=[N-])c2ccccc21. The fourth-order valence-electron chi connectivity index (χ4n) is 1.90. The molecule has 0 aliphatic carbocycles. The Morgan fingerprint density at radius 3 is 3.00 bits per heavy atom. The lowest BCUT2D eigenvalue weighted by Gasteiger charge is -2.01. The first kappa shape index (κ1) is 12.2. The van der Waals surface area contributed by atoms with Gasteiger partial charge in [-0.15, -0.1) is 0 Å². The van der Waals surface area contributed by atoms with Gasteiger partial charge in [0.2, 0.25) is 0 Å². The summed E-state index contributed by atoms with van der Waals surface area (Å²) in [6, 6.07) is 7.55. The molecule has 0 spiro atoms. The largest absolute Gasteiger partial charge is 0.364 e. The third kappa shape index (κ3) is 2.20. The highest BCUT2D eigenvalue weighted by Crippen LogP contribution is 2.21. The van der Waals surface area contributed by atoms with Gasteiger partial charge in [-0.05, 0) is 11.6 Å². The molecule has 0 fully saturated rings. The van der Waals surface area contributed by atoms with E-state index in [1.807, 2.05) is 28.8 Å². The number of ether oxygens (including phenoxy) is 1. The molecule has 92 valence electrons. The lowest BCUT2D eigenvalue weighted by molar-refractivity contribution is 0.100. The number of benzene rings is 1. The topological polar surface area (TPSA) is 80.0 Å². The molecule has 0 radical (unpaired) electrons. The normalized spacial score (nSPS) is 10.3. The number of hydrogen-bond acceptors (Lipinski definition) is 3. The highest BCUT2D eigenvalue weighted by atomic mass is 16.5. The zero-order valence-electron chi connectivity index (χ0n) is 9.91. The van der Waals surface area contributed by atoms with Gasteiger partial charge >= 0.3 is 0 Å². The molecule has 0 aliphatic heterocycles. The first-order valence-electron chi connectivity index (χ1n) is 5.38. The lowest BCUT2D eigenvalue weighted by Crippen LogP contribution is -2.02. The number of ketones is 1. The summed E-state index contributed by atoms with van der Waals surface area (Å²) in [6.45, 7) is 0.201. The van der Waals surface area contributed by atoms with Crippen molar-refractivity contribution in [1.82, 2.24) is 4.57 Å². The number of azide groups is 1. The van der Waals surface area contributed by atoms with E-state index in [2.05, 4.69) is 10.0 Å². The molecule has 0 N–H and O–H groups in total. The van der Waals surface area contributed by atoms with Crippen molar-refractivity contribution in [3.8, 4) is 0 Å². The molecule has 0 amide bonds. The monoisotopic (exact) mass is 244 g/mol. The van der Waals surface area contributed by atoms with Crippen molar-refractivity contribution < 1.29 is 9.53 Å². The van der Waals surface area contributed by atoms with Crippen LogP contribution in [0.25, 0.3) is 21.3 Å². The molecule has 1 aromatic carbocycles. The first-order valence-corrected chi connectivity index (χ1v) is 5.38. The van der Waals surface area contributed by atoms with E-state index in [0.29, 0.717) is 12.3 Å². The highest BCUT2D eigenvalue weighted by molar-refractivity contribution is 6.09. The average molecular weight is 244 g/mol. The molecule has 0 aliphatic rings. The summed E-state index contributed by atoms with van der Waals surface area (Å²) in [4.78, 5) is 14.5. The minimum absolute atomic E-state index is 0.169. The summed E-state index contributed by atoms with van der Waals surface area (Å²) >= 11 is 0. The first-order chi connectivity index (χ1) is 8.77. The van der Waals surface area contributed by atoms with Crippen LogP contribution in [0.3, 0.4) is 0 Å². The van der Waals surface area contributed by atoms with Crippen molar-refractivity contribution in [2.75, 3.05) is 13.7 Å². The van der Waals surface area contributed by atoms with Crippen molar-refractivity contribution in [2.24, 2.45) is 5.11 Å². The highest BCUT2D eigenvalue weighted by Gasteiger charge is 2.13. The Balaban J connectivity index is 2.50. The molecule has 0 unspecified atom stereocenters. The van der Waals surface area contributed by atoms with Gasteiger partial charge in [-0.25, -0.2) is 0 Å². The fraction of sp³-hybridized carbons (Fsp3) is 0.250. The maximum Gasteiger partial charge on any atom is 0.170 e. The van der Waals surface area contributed by atoms with Crippen LogP contribution in [0.15, 0.2) is 35.6 Å². The van der Waals surface area contributed by atoms with Gasteiger partial charge in [0, 0.05) is 29.2 Å². The molecule has 2 rings (SSSR count). The number of carbonyl (C=O) groups is 1. The summed E-state index contributed by atoms with van der Waals surface area (Å²) in [6.07, 6.45) is 1.73. The summed E-state index contributed by atoms with van der Waals surface area (Å²) in [7, 11) is 1.59. The third-order valence-electron chi connectivity index (χ3n) is 2.63. The summed E-state index contributed by atoms with van der Waals surface area (Å²) in [5.74, 6) is -0.196. The number of nitrogens with zero attached hydrogens (tertiary/aromatic N) is 4. The van der Waals surface area contributed by atoms with Gasteiger partial charge in [-0.3, -0.25) is 4.79 Å². The van der Waals surface area contributed by atoms with E-state index in [9.17, 15) is 4.79 Å². The molecule has 1 aromatic heterocycles. The molecule has 0 saturated carbocycles. The number of rotatable bonds is 5. The predicted molar refractivity (Wildman–Crippen MR) is 67.3 cm³/mol. The van der Waals surface area contributed by atoms with Crippen molar-refractivity contribution in [3.63, 3.8) is 0 Å². The molecule has 6 heteroatoms. The Kier molecular flexibility index (Phi) is 3.62. The van der Waals surface area contributed by atoms with Crippen molar-refractivity contribution in [3.05, 3.63) is 46.5 Å². The van der Waals surface area contributed by atoms with E-state index < -0.39 is 0 Å². The zero-order chi connectivity index (χ0) is 13.0. The van der Waals surface area contributed by atoms with Crippen LogP contribution in [0.4, 0.5) is 0 Å². The van der Waals surface area contributed by atoms with Gasteiger partial charge in [0.1, 0.15) is 6.73 Å². The zero-order valence-corrected chi connectivity index (χ0v) is 9.91. The van der Waals surface area contributed by atoms with Crippen LogP contribution in [0.5, 0.6) is 0 Å². The molecule has 0 bridgehead atoms. The van der Waals surface area contributed by atoms with E-state index in [-0.39, 0.29) is 12.3 Å². The van der Waals surface area contributed by atoms with Crippen molar-refractivity contribution in [1.29, 1.82) is 0 Å².